The zero-order valence-electron chi connectivity index (χ0n) is 15.1. The second kappa shape index (κ2) is 7.48. The van der Waals surface area contributed by atoms with Crippen molar-refractivity contribution < 1.29 is 17.9 Å². The van der Waals surface area contributed by atoms with E-state index in [1.807, 2.05) is 30.3 Å². The second-order valence-electron chi connectivity index (χ2n) is 6.54. The van der Waals surface area contributed by atoms with Crippen LogP contribution in [0.1, 0.15) is 22.3 Å². The van der Waals surface area contributed by atoms with Crippen molar-refractivity contribution >= 4 is 21.7 Å². The fourth-order valence-electron chi connectivity index (χ4n) is 3.29. The van der Waals surface area contributed by atoms with Crippen LogP contribution in [-0.2, 0) is 16.4 Å². The minimum Gasteiger partial charge on any atom is -0.423 e. The summed E-state index contributed by atoms with van der Waals surface area (Å²) < 4.78 is 33.0. The number of nitrogens with zero attached hydrogens (tertiary/aromatic N) is 1. The summed E-state index contributed by atoms with van der Waals surface area (Å²) in [6, 6.07) is 22.2. The molecular formula is C22H19NO4S. The van der Waals surface area contributed by atoms with Crippen LogP contribution in [0.3, 0.4) is 0 Å². The van der Waals surface area contributed by atoms with E-state index in [9.17, 15) is 13.2 Å². The third-order valence-electron chi connectivity index (χ3n) is 4.70. The maximum atomic E-state index is 13.1. The Morgan fingerprint density at radius 2 is 1.54 bits per heavy atom. The predicted molar refractivity (Wildman–Crippen MR) is 107 cm³/mol. The average Bonchev–Trinajstić information content (AvgIpc) is 2.74. The molecule has 3 aromatic carbocycles. The van der Waals surface area contributed by atoms with Crippen LogP contribution in [0.25, 0.3) is 0 Å². The van der Waals surface area contributed by atoms with Crippen LogP contribution in [0.15, 0.2) is 83.8 Å². The monoisotopic (exact) mass is 393 g/mol. The van der Waals surface area contributed by atoms with Gasteiger partial charge in [0, 0.05) is 6.54 Å². The van der Waals surface area contributed by atoms with Crippen LogP contribution < -0.4 is 9.04 Å². The Hall–Kier alpha value is -3.12. The number of rotatable bonds is 4. The van der Waals surface area contributed by atoms with Crippen LogP contribution >= 0.6 is 0 Å². The van der Waals surface area contributed by atoms with Crippen molar-refractivity contribution in [3.05, 3.63) is 90.0 Å². The molecule has 1 heterocycles. The smallest absolute Gasteiger partial charge is 0.343 e. The van der Waals surface area contributed by atoms with Crippen molar-refractivity contribution in [2.45, 2.75) is 17.7 Å². The zero-order valence-corrected chi connectivity index (χ0v) is 15.9. The topological polar surface area (TPSA) is 63.7 Å². The first-order valence-corrected chi connectivity index (χ1v) is 10.5. The van der Waals surface area contributed by atoms with E-state index in [0.717, 1.165) is 24.1 Å². The van der Waals surface area contributed by atoms with Crippen LogP contribution in [0.2, 0.25) is 0 Å². The molecule has 0 unspecified atom stereocenters. The number of anilines is 1. The molecule has 0 bridgehead atoms. The molecule has 0 atom stereocenters. The van der Waals surface area contributed by atoms with Gasteiger partial charge in [-0.25, -0.2) is 13.2 Å². The molecule has 28 heavy (non-hydrogen) atoms. The number of esters is 1. The number of para-hydroxylation sites is 2. The third-order valence-corrected chi connectivity index (χ3v) is 6.53. The van der Waals surface area contributed by atoms with Crippen LogP contribution in [0, 0.1) is 0 Å². The number of hydrogen-bond donors (Lipinski definition) is 0. The molecule has 5 nitrogen and oxygen atoms in total. The van der Waals surface area contributed by atoms with Crippen LogP contribution in [0.4, 0.5) is 5.69 Å². The van der Waals surface area contributed by atoms with E-state index in [1.165, 1.54) is 28.6 Å². The van der Waals surface area contributed by atoms with Crippen molar-refractivity contribution in [3.8, 4) is 5.75 Å². The molecule has 0 aromatic heterocycles. The molecule has 0 amide bonds. The Morgan fingerprint density at radius 1 is 0.857 bits per heavy atom. The number of carbonyl (C=O) groups excluding carboxylic acids is 1. The molecule has 0 saturated heterocycles. The molecule has 0 saturated carbocycles. The van der Waals surface area contributed by atoms with Gasteiger partial charge in [0.15, 0.2) is 0 Å². The van der Waals surface area contributed by atoms with E-state index in [2.05, 4.69) is 0 Å². The maximum absolute atomic E-state index is 13.1. The minimum atomic E-state index is -3.70. The van der Waals surface area contributed by atoms with Gasteiger partial charge in [0.1, 0.15) is 5.75 Å². The number of fused-ring (bicyclic) bond motifs is 1. The van der Waals surface area contributed by atoms with Gasteiger partial charge in [0.25, 0.3) is 10.0 Å². The summed E-state index contributed by atoms with van der Waals surface area (Å²) in [5.74, 6) is -0.0902. The second-order valence-corrected chi connectivity index (χ2v) is 8.40. The molecule has 0 fully saturated rings. The van der Waals surface area contributed by atoms with Crippen molar-refractivity contribution in [2.24, 2.45) is 0 Å². The van der Waals surface area contributed by atoms with Crippen LogP contribution in [0.5, 0.6) is 5.75 Å². The fraction of sp³-hybridized carbons (Fsp3) is 0.136. The first-order valence-electron chi connectivity index (χ1n) is 9.04. The molecule has 3 aromatic rings. The minimum absolute atomic E-state index is 0.153. The summed E-state index contributed by atoms with van der Waals surface area (Å²) in [6.45, 7) is 0.442. The standard InChI is InChI=1S/C22H19NO4S/c24-22(27-19-9-2-1-3-10-19)18-12-14-20(15-13-18)28(25,26)23-16-6-8-17-7-4-5-11-21(17)23/h1-5,7,9-15H,6,8,16H2. The molecule has 1 aliphatic rings. The van der Waals surface area contributed by atoms with Gasteiger partial charge in [-0.1, -0.05) is 36.4 Å². The van der Waals surface area contributed by atoms with Gasteiger partial charge in [0.2, 0.25) is 0 Å². The first-order chi connectivity index (χ1) is 13.6. The summed E-state index contributed by atoms with van der Waals surface area (Å²) in [5, 5.41) is 0. The van der Waals surface area contributed by atoms with E-state index >= 15 is 0 Å². The SMILES string of the molecule is O=C(Oc1ccccc1)c1ccc(S(=O)(=O)N2CCCc3ccccc32)cc1. The highest BCUT2D eigenvalue weighted by Crippen LogP contribution is 2.31. The van der Waals surface area contributed by atoms with Crippen molar-refractivity contribution in [3.63, 3.8) is 0 Å². The molecule has 4 rings (SSSR count). The highest BCUT2D eigenvalue weighted by atomic mass is 32.2. The van der Waals surface area contributed by atoms with Crippen LogP contribution in [-0.4, -0.2) is 20.9 Å². The van der Waals surface area contributed by atoms with Crippen molar-refractivity contribution in [2.75, 3.05) is 10.8 Å². The predicted octanol–water partition coefficient (Wildman–Crippen LogP) is 4.05. The number of carbonyl (C=O) groups is 1. The summed E-state index contributed by atoms with van der Waals surface area (Å²) in [4.78, 5) is 12.4. The van der Waals surface area contributed by atoms with Crippen molar-refractivity contribution in [1.29, 1.82) is 0 Å². The summed E-state index contributed by atoms with van der Waals surface area (Å²) in [7, 11) is -3.70. The lowest BCUT2D eigenvalue weighted by Gasteiger charge is -2.30. The number of ether oxygens (including phenoxy) is 1. The van der Waals surface area contributed by atoms with Gasteiger partial charge in [-0.3, -0.25) is 4.31 Å². The molecule has 6 heteroatoms. The molecule has 1 aliphatic heterocycles. The normalized spacial score (nSPS) is 13.6. The highest BCUT2D eigenvalue weighted by molar-refractivity contribution is 7.92. The lowest BCUT2D eigenvalue weighted by atomic mass is 10.0. The highest BCUT2D eigenvalue weighted by Gasteiger charge is 2.29. The molecule has 0 radical (unpaired) electrons. The molecule has 0 spiro atoms. The average molecular weight is 393 g/mol. The lowest BCUT2D eigenvalue weighted by molar-refractivity contribution is 0.0734. The maximum Gasteiger partial charge on any atom is 0.343 e. The Bertz CT molecular complexity index is 1090. The quantitative estimate of drug-likeness (QED) is 0.496. The van der Waals surface area contributed by atoms with Gasteiger partial charge in [-0.05, 0) is 60.9 Å². The van der Waals surface area contributed by atoms with E-state index in [1.54, 1.807) is 24.3 Å². The summed E-state index contributed by atoms with van der Waals surface area (Å²) >= 11 is 0. The molecular weight excluding hydrogens is 374 g/mol. The molecule has 0 aliphatic carbocycles. The van der Waals surface area contributed by atoms with Gasteiger partial charge in [-0.15, -0.1) is 0 Å². The number of benzene rings is 3. The van der Waals surface area contributed by atoms with Gasteiger partial charge in [-0.2, -0.15) is 0 Å². The van der Waals surface area contributed by atoms with Gasteiger partial charge < -0.3 is 4.74 Å². The number of hydrogen-bond acceptors (Lipinski definition) is 4. The number of aryl methyl sites for hydroxylation is 1. The molecule has 0 N–H and O–H groups in total. The third kappa shape index (κ3) is 3.51. The summed E-state index contributed by atoms with van der Waals surface area (Å²) in [6.07, 6.45) is 1.64. The Morgan fingerprint density at radius 3 is 2.29 bits per heavy atom. The van der Waals surface area contributed by atoms with E-state index in [4.69, 9.17) is 4.74 Å². The Kier molecular flexibility index (Phi) is 4.88. The fourth-order valence-corrected chi connectivity index (χ4v) is 4.83. The van der Waals surface area contributed by atoms with E-state index in [0.29, 0.717) is 17.9 Å². The largest absolute Gasteiger partial charge is 0.423 e. The zero-order chi connectivity index (χ0) is 19.6. The van der Waals surface area contributed by atoms with Gasteiger partial charge >= 0.3 is 5.97 Å². The molecule has 142 valence electrons. The van der Waals surface area contributed by atoms with E-state index < -0.39 is 16.0 Å². The van der Waals surface area contributed by atoms with E-state index in [-0.39, 0.29) is 4.90 Å². The number of sulfonamides is 1. The van der Waals surface area contributed by atoms with Gasteiger partial charge in [0.05, 0.1) is 16.1 Å². The van der Waals surface area contributed by atoms with Crippen molar-refractivity contribution in [1.82, 2.24) is 0 Å². The lowest BCUT2D eigenvalue weighted by Crippen LogP contribution is -2.35. The first kappa shape index (κ1) is 18.3. The Labute approximate surface area is 164 Å². The Balaban J connectivity index is 1.58. The summed E-state index contributed by atoms with van der Waals surface area (Å²) in [5.41, 5.74) is 2.04.